The summed E-state index contributed by atoms with van der Waals surface area (Å²) < 4.78 is 27.0. The van der Waals surface area contributed by atoms with E-state index in [1.807, 2.05) is 19.2 Å². The zero-order valence-electron chi connectivity index (χ0n) is 14.7. The topological polar surface area (TPSA) is 100 Å². The SMILES string of the molecule is Cc1csc([C@@H](C)NC(=O)Nc2ccc(S(=O)(=O)NCC3CC3)cc2)n1. The molecule has 0 aliphatic heterocycles. The number of carbonyl (C=O) groups is 1. The molecule has 0 unspecified atom stereocenters. The zero-order valence-corrected chi connectivity index (χ0v) is 16.3. The maximum absolute atomic E-state index is 12.2. The molecule has 140 valence electrons. The first-order valence-corrected chi connectivity index (χ1v) is 10.8. The van der Waals surface area contributed by atoms with Gasteiger partial charge in [0, 0.05) is 23.3 Å². The molecule has 1 aromatic heterocycles. The van der Waals surface area contributed by atoms with Crippen molar-refractivity contribution in [2.45, 2.75) is 37.6 Å². The molecular formula is C17H22N4O3S2. The molecule has 1 atom stereocenters. The van der Waals surface area contributed by atoms with E-state index in [1.54, 1.807) is 12.1 Å². The van der Waals surface area contributed by atoms with Crippen LogP contribution in [0, 0.1) is 12.8 Å². The Bertz CT molecular complexity index is 874. The van der Waals surface area contributed by atoms with Crippen LogP contribution in [0.1, 0.15) is 36.5 Å². The Morgan fingerprint density at radius 2 is 2.00 bits per heavy atom. The Morgan fingerprint density at radius 1 is 1.31 bits per heavy atom. The smallest absolute Gasteiger partial charge is 0.319 e. The van der Waals surface area contributed by atoms with E-state index in [-0.39, 0.29) is 17.0 Å². The van der Waals surface area contributed by atoms with Gasteiger partial charge in [-0.3, -0.25) is 0 Å². The maximum atomic E-state index is 12.2. The van der Waals surface area contributed by atoms with Crippen LogP contribution in [0.5, 0.6) is 0 Å². The van der Waals surface area contributed by atoms with Gasteiger partial charge in [-0.05, 0) is 56.9 Å². The van der Waals surface area contributed by atoms with Crippen molar-refractivity contribution < 1.29 is 13.2 Å². The monoisotopic (exact) mass is 394 g/mol. The summed E-state index contributed by atoms with van der Waals surface area (Å²) in [6.45, 7) is 4.25. The fourth-order valence-corrected chi connectivity index (χ4v) is 4.27. The van der Waals surface area contributed by atoms with Crippen LogP contribution in [0.4, 0.5) is 10.5 Å². The van der Waals surface area contributed by atoms with Crippen LogP contribution < -0.4 is 15.4 Å². The highest BCUT2D eigenvalue weighted by molar-refractivity contribution is 7.89. The molecule has 0 spiro atoms. The van der Waals surface area contributed by atoms with E-state index in [0.29, 0.717) is 18.2 Å². The number of nitrogens with one attached hydrogen (secondary N) is 3. The molecule has 1 fully saturated rings. The van der Waals surface area contributed by atoms with Crippen molar-refractivity contribution in [3.05, 3.63) is 40.3 Å². The number of aryl methyl sites for hydroxylation is 1. The van der Waals surface area contributed by atoms with Crippen LogP contribution >= 0.6 is 11.3 Å². The molecule has 26 heavy (non-hydrogen) atoms. The predicted octanol–water partition coefficient (Wildman–Crippen LogP) is 3.02. The lowest BCUT2D eigenvalue weighted by atomic mass is 10.3. The zero-order chi connectivity index (χ0) is 18.7. The Morgan fingerprint density at radius 3 is 2.58 bits per heavy atom. The number of nitrogens with zero attached hydrogens (tertiary/aromatic N) is 1. The van der Waals surface area contributed by atoms with Crippen molar-refractivity contribution in [1.29, 1.82) is 0 Å². The first-order valence-electron chi connectivity index (χ1n) is 8.43. The fourth-order valence-electron chi connectivity index (χ4n) is 2.35. The molecule has 0 bridgehead atoms. The minimum absolute atomic E-state index is 0.190. The van der Waals surface area contributed by atoms with Crippen molar-refractivity contribution in [3.8, 4) is 0 Å². The summed E-state index contributed by atoms with van der Waals surface area (Å²) in [5, 5.41) is 8.28. The molecule has 3 rings (SSSR count). The highest BCUT2D eigenvalue weighted by Crippen LogP contribution is 2.28. The molecule has 2 aromatic rings. The lowest BCUT2D eigenvalue weighted by Crippen LogP contribution is -2.31. The summed E-state index contributed by atoms with van der Waals surface area (Å²) in [6, 6.07) is 5.54. The summed E-state index contributed by atoms with van der Waals surface area (Å²) in [7, 11) is -3.50. The van der Waals surface area contributed by atoms with Gasteiger partial charge in [0.05, 0.1) is 10.9 Å². The molecular weight excluding hydrogens is 372 g/mol. The number of amides is 2. The third-order valence-electron chi connectivity index (χ3n) is 4.04. The Hall–Kier alpha value is -1.97. The molecule has 1 aliphatic carbocycles. The summed E-state index contributed by atoms with van der Waals surface area (Å²) in [4.78, 5) is 16.6. The van der Waals surface area contributed by atoms with Gasteiger partial charge in [-0.1, -0.05) is 0 Å². The highest BCUT2D eigenvalue weighted by atomic mass is 32.2. The van der Waals surface area contributed by atoms with Gasteiger partial charge in [0.1, 0.15) is 5.01 Å². The summed E-state index contributed by atoms with van der Waals surface area (Å²) in [5.74, 6) is 0.470. The Kier molecular flexibility index (Phi) is 5.59. The van der Waals surface area contributed by atoms with E-state index in [1.165, 1.54) is 23.5 Å². The quantitative estimate of drug-likeness (QED) is 0.672. The second kappa shape index (κ2) is 7.73. The third kappa shape index (κ3) is 5.03. The lowest BCUT2D eigenvalue weighted by molar-refractivity contribution is 0.249. The number of anilines is 1. The highest BCUT2D eigenvalue weighted by Gasteiger charge is 2.24. The molecule has 3 N–H and O–H groups in total. The minimum Gasteiger partial charge on any atom is -0.329 e. The number of aromatic nitrogens is 1. The number of carbonyl (C=O) groups excluding carboxylic acids is 1. The van der Waals surface area contributed by atoms with Crippen molar-refractivity contribution in [2.75, 3.05) is 11.9 Å². The Labute approximate surface area is 157 Å². The first-order chi connectivity index (χ1) is 12.3. The van der Waals surface area contributed by atoms with Gasteiger partial charge in [0.2, 0.25) is 10.0 Å². The molecule has 1 aliphatic rings. The summed E-state index contributed by atoms with van der Waals surface area (Å²) in [5.41, 5.74) is 1.44. The second-order valence-corrected chi connectivity index (χ2v) is 9.12. The number of thiazole rings is 1. The molecule has 1 saturated carbocycles. The van der Waals surface area contributed by atoms with Gasteiger partial charge < -0.3 is 10.6 Å². The number of hydrogen-bond acceptors (Lipinski definition) is 5. The molecule has 0 radical (unpaired) electrons. The van der Waals surface area contributed by atoms with Crippen molar-refractivity contribution in [3.63, 3.8) is 0 Å². The molecule has 7 nitrogen and oxygen atoms in total. The third-order valence-corrected chi connectivity index (χ3v) is 6.62. The normalized spacial score (nSPS) is 15.5. The predicted molar refractivity (Wildman–Crippen MR) is 102 cm³/mol. The minimum atomic E-state index is -3.50. The number of urea groups is 1. The molecule has 1 aromatic carbocycles. The largest absolute Gasteiger partial charge is 0.329 e. The number of benzene rings is 1. The van der Waals surface area contributed by atoms with Crippen LogP contribution in [0.25, 0.3) is 0 Å². The van der Waals surface area contributed by atoms with Crippen molar-refractivity contribution in [1.82, 2.24) is 15.0 Å². The molecule has 0 saturated heterocycles. The van der Waals surface area contributed by atoms with E-state index in [4.69, 9.17) is 0 Å². The molecule has 9 heteroatoms. The van der Waals surface area contributed by atoms with Gasteiger partial charge >= 0.3 is 6.03 Å². The van der Waals surface area contributed by atoms with Crippen LogP contribution in [0.2, 0.25) is 0 Å². The van der Waals surface area contributed by atoms with Crippen molar-refractivity contribution in [2.24, 2.45) is 5.92 Å². The number of sulfonamides is 1. The molecule has 1 heterocycles. The first kappa shape index (κ1) is 18.8. The number of rotatable bonds is 7. The average molecular weight is 395 g/mol. The fraction of sp³-hybridized carbons (Fsp3) is 0.412. The van der Waals surface area contributed by atoms with Gasteiger partial charge in [-0.25, -0.2) is 22.9 Å². The van der Waals surface area contributed by atoms with Crippen LogP contribution in [0.3, 0.4) is 0 Å². The van der Waals surface area contributed by atoms with E-state index in [2.05, 4.69) is 20.3 Å². The van der Waals surface area contributed by atoms with Crippen LogP contribution in [-0.4, -0.2) is 26.0 Å². The van der Waals surface area contributed by atoms with Gasteiger partial charge in [0.25, 0.3) is 0 Å². The van der Waals surface area contributed by atoms with E-state index < -0.39 is 10.0 Å². The van der Waals surface area contributed by atoms with Gasteiger partial charge in [-0.2, -0.15) is 0 Å². The van der Waals surface area contributed by atoms with Crippen LogP contribution in [-0.2, 0) is 10.0 Å². The van der Waals surface area contributed by atoms with Gasteiger partial charge in [-0.15, -0.1) is 11.3 Å². The second-order valence-electron chi connectivity index (χ2n) is 6.47. The standard InChI is InChI=1S/C17H22N4O3S2/c1-11-10-25-16(19-11)12(2)20-17(22)21-14-5-7-15(8-6-14)26(23,24)18-9-13-3-4-13/h5-8,10,12-13,18H,3-4,9H2,1-2H3,(H2,20,21,22)/t12-/m1/s1. The van der Waals surface area contributed by atoms with Crippen LogP contribution in [0.15, 0.2) is 34.5 Å². The lowest BCUT2D eigenvalue weighted by Gasteiger charge is -2.13. The van der Waals surface area contributed by atoms with E-state index in [9.17, 15) is 13.2 Å². The maximum Gasteiger partial charge on any atom is 0.319 e. The van der Waals surface area contributed by atoms with E-state index >= 15 is 0 Å². The van der Waals surface area contributed by atoms with E-state index in [0.717, 1.165) is 23.5 Å². The van der Waals surface area contributed by atoms with Gasteiger partial charge in [0.15, 0.2) is 0 Å². The van der Waals surface area contributed by atoms with Crippen molar-refractivity contribution >= 4 is 33.1 Å². The number of hydrogen-bond donors (Lipinski definition) is 3. The Balaban J connectivity index is 1.55. The summed E-state index contributed by atoms with van der Waals surface area (Å²) in [6.07, 6.45) is 2.17. The average Bonchev–Trinajstić information content (AvgIpc) is 3.33. The molecule has 2 amide bonds. The summed E-state index contributed by atoms with van der Waals surface area (Å²) >= 11 is 1.49.